The maximum atomic E-state index is 13.3. The first-order chi connectivity index (χ1) is 19.0. The first-order valence-electron chi connectivity index (χ1n) is 13.0. The first-order valence-corrected chi connectivity index (χ1v) is 13.0. The summed E-state index contributed by atoms with van der Waals surface area (Å²) >= 11 is 0. The lowest BCUT2D eigenvalue weighted by Gasteiger charge is -2.29. The first kappa shape index (κ1) is 27.3. The Labute approximate surface area is 230 Å². The minimum atomic E-state index is -4.52. The van der Waals surface area contributed by atoms with E-state index in [-0.39, 0.29) is 23.6 Å². The summed E-state index contributed by atoms with van der Waals surface area (Å²) in [6.45, 7) is 5.15. The lowest BCUT2D eigenvalue weighted by Crippen LogP contribution is -2.34. The highest BCUT2D eigenvalue weighted by Crippen LogP contribution is 2.33. The summed E-state index contributed by atoms with van der Waals surface area (Å²) in [5, 5.41) is 5.39. The number of aryl methyl sites for hydroxylation is 2. The third kappa shape index (κ3) is 5.56. The molecule has 0 bridgehead atoms. The van der Waals surface area contributed by atoms with Crippen LogP contribution >= 0.6 is 0 Å². The maximum Gasteiger partial charge on any atom is 0.416 e. The molecule has 2 aromatic heterocycles. The van der Waals surface area contributed by atoms with Gasteiger partial charge in [-0.05, 0) is 75.0 Å². The Morgan fingerprint density at radius 3 is 2.62 bits per heavy atom. The van der Waals surface area contributed by atoms with Crippen molar-refractivity contribution in [3.05, 3.63) is 81.8 Å². The number of Topliss-reactive ketones (excluding diaryl/α,β-unsaturated/α-hetero) is 1. The Hall–Kier alpha value is -4.23. The van der Waals surface area contributed by atoms with E-state index in [1.807, 2.05) is 17.7 Å². The number of nitrogens with zero attached hydrogens (tertiary/aromatic N) is 5. The minimum absolute atomic E-state index is 0.0203. The molecular weight excluding hydrogens is 517 g/mol. The summed E-state index contributed by atoms with van der Waals surface area (Å²) in [5.41, 5.74) is 8.85. The molecule has 1 aliphatic rings. The number of halogens is 3. The lowest BCUT2D eigenvalue weighted by molar-refractivity contribution is -0.138. The number of likely N-dealkylation sites (tertiary alicyclic amines) is 1. The van der Waals surface area contributed by atoms with E-state index in [9.17, 15) is 18.0 Å². The van der Waals surface area contributed by atoms with Gasteiger partial charge in [0.15, 0.2) is 11.4 Å². The van der Waals surface area contributed by atoms with Crippen molar-refractivity contribution >= 4 is 22.6 Å². The molecule has 4 aromatic rings. The molecule has 1 saturated heterocycles. The number of benzene rings is 2. The van der Waals surface area contributed by atoms with Crippen molar-refractivity contribution in [2.24, 2.45) is 0 Å². The average molecular weight is 547 g/mol. The number of nitrogens with two attached hydrogens (primary N) is 1. The fourth-order valence-corrected chi connectivity index (χ4v) is 5.10. The van der Waals surface area contributed by atoms with Gasteiger partial charge in [-0.2, -0.15) is 18.3 Å². The van der Waals surface area contributed by atoms with Crippen molar-refractivity contribution in [1.29, 1.82) is 0 Å². The van der Waals surface area contributed by atoms with Gasteiger partial charge in [0.1, 0.15) is 17.8 Å². The van der Waals surface area contributed by atoms with Gasteiger partial charge in [-0.3, -0.25) is 4.79 Å². The predicted molar refractivity (Wildman–Crippen MR) is 147 cm³/mol. The van der Waals surface area contributed by atoms with Gasteiger partial charge < -0.3 is 10.6 Å². The molecule has 1 atom stereocenters. The summed E-state index contributed by atoms with van der Waals surface area (Å²) in [7, 11) is 2.08. The van der Waals surface area contributed by atoms with Crippen LogP contribution < -0.4 is 5.73 Å². The molecule has 0 radical (unpaired) electrons. The highest BCUT2D eigenvalue weighted by Gasteiger charge is 2.33. The van der Waals surface area contributed by atoms with Crippen LogP contribution in [0.4, 0.5) is 19.0 Å². The number of ketones is 1. The van der Waals surface area contributed by atoms with Gasteiger partial charge in [0, 0.05) is 24.1 Å². The Balaban J connectivity index is 1.45. The van der Waals surface area contributed by atoms with Gasteiger partial charge in [0.25, 0.3) is 0 Å². The van der Waals surface area contributed by atoms with Crippen LogP contribution in [-0.4, -0.2) is 50.6 Å². The second-order valence-corrected chi connectivity index (χ2v) is 10.3. The van der Waals surface area contributed by atoms with Crippen LogP contribution in [0, 0.1) is 25.7 Å². The molecule has 7 nitrogen and oxygen atoms in total. The van der Waals surface area contributed by atoms with E-state index in [0.717, 1.165) is 37.6 Å². The molecule has 10 heteroatoms. The van der Waals surface area contributed by atoms with Gasteiger partial charge in [-0.25, -0.2) is 14.6 Å². The maximum absolute atomic E-state index is 13.3. The topological polar surface area (TPSA) is 89.9 Å². The minimum Gasteiger partial charge on any atom is -0.383 e. The molecular formula is C30H29F3N6O. The molecule has 0 spiro atoms. The zero-order valence-electron chi connectivity index (χ0n) is 22.5. The van der Waals surface area contributed by atoms with Crippen LogP contribution in [0.25, 0.3) is 11.0 Å². The van der Waals surface area contributed by atoms with Crippen LogP contribution in [0.1, 0.15) is 62.8 Å². The highest BCUT2D eigenvalue weighted by atomic mass is 19.4. The predicted octanol–water partition coefficient (Wildman–Crippen LogP) is 5.14. The van der Waals surface area contributed by atoms with Crippen molar-refractivity contribution in [1.82, 2.24) is 24.6 Å². The molecule has 1 unspecified atom stereocenters. The van der Waals surface area contributed by atoms with Crippen LogP contribution in [-0.2, 0) is 12.6 Å². The van der Waals surface area contributed by atoms with Crippen LogP contribution in [0.5, 0.6) is 0 Å². The smallest absolute Gasteiger partial charge is 0.383 e. The van der Waals surface area contributed by atoms with Crippen molar-refractivity contribution in [3.63, 3.8) is 0 Å². The summed E-state index contributed by atoms with van der Waals surface area (Å²) in [6.07, 6.45) is -1.13. The molecule has 40 heavy (non-hydrogen) atoms. The third-order valence-electron chi connectivity index (χ3n) is 7.31. The van der Waals surface area contributed by atoms with E-state index in [0.29, 0.717) is 33.7 Å². The average Bonchev–Trinajstić information content (AvgIpc) is 3.28. The quantitative estimate of drug-likeness (QED) is 0.282. The molecule has 2 aromatic carbocycles. The number of nitrogen functional groups attached to an aromatic ring is 1. The van der Waals surface area contributed by atoms with Crippen LogP contribution in [0.3, 0.4) is 0 Å². The van der Waals surface area contributed by atoms with Gasteiger partial charge in [-0.1, -0.05) is 30.2 Å². The largest absolute Gasteiger partial charge is 0.416 e. The van der Waals surface area contributed by atoms with Crippen molar-refractivity contribution in [2.75, 3.05) is 25.9 Å². The molecule has 1 fully saturated rings. The Bertz CT molecular complexity index is 1660. The van der Waals surface area contributed by atoms with Crippen molar-refractivity contribution in [3.8, 4) is 11.8 Å². The summed E-state index contributed by atoms with van der Waals surface area (Å²) < 4.78 is 41.9. The fourth-order valence-electron chi connectivity index (χ4n) is 5.10. The Morgan fingerprint density at radius 2 is 1.88 bits per heavy atom. The molecule has 0 saturated carbocycles. The number of fused-ring (bicyclic) bond motifs is 1. The number of piperidine rings is 1. The Morgan fingerprint density at radius 1 is 1.10 bits per heavy atom. The third-order valence-corrected chi connectivity index (χ3v) is 7.31. The standard InChI is InChI=1S/C30H29F3N6O/c1-18-6-8-20(14-26(40)22-9-7-19(2)24(15-22)30(31,32)33)13-21(18)10-11-25-27-28(34)35-17-36-29(27)39(37-25)23-5-4-12-38(3)16-23/h6-9,13,15,17,23H,4-5,12,14,16H2,1-3H3,(H2,34,35,36). The van der Waals surface area contributed by atoms with Gasteiger partial charge in [0.2, 0.25) is 0 Å². The van der Waals surface area contributed by atoms with Gasteiger partial charge >= 0.3 is 6.18 Å². The normalized spacial score (nSPS) is 16.1. The second-order valence-electron chi connectivity index (χ2n) is 10.3. The molecule has 206 valence electrons. The van der Waals surface area contributed by atoms with E-state index in [2.05, 4.69) is 33.8 Å². The molecule has 2 N–H and O–H groups in total. The van der Waals surface area contributed by atoms with E-state index < -0.39 is 17.5 Å². The second kappa shape index (κ2) is 10.7. The molecule has 5 rings (SSSR count). The summed E-state index contributed by atoms with van der Waals surface area (Å²) in [4.78, 5) is 23.7. The Kier molecular flexibility index (Phi) is 7.34. The number of rotatable bonds is 4. The van der Waals surface area contributed by atoms with E-state index in [1.165, 1.54) is 25.4 Å². The van der Waals surface area contributed by atoms with E-state index in [1.54, 1.807) is 12.1 Å². The lowest BCUT2D eigenvalue weighted by atomic mass is 9.96. The molecule has 0 aliphatic carbocycles. The SMILES string of the molecule is Cc1ccc(CC(=O)c2ccc(C)c(C(F)(F)F)c2)cc1C#Cc1nn(C2CCCN(C)C2)c2ncnc(N)c12. The number of anilines is 1. The molecule has 3 heterocycles. The van der Waals surface area contributed by atoms with Crippen LogP contribution in [0.2, 0.25) is 0 Å². The zero-order chi connectivity index (χ0) is 28.6. The van der Waals surface area contributed by atoms with Crippen molar-refractivity contribution in [2.45, 2.75) is 45.3 Å². The number of likely N-dealkylation sites (N-methyl/N-ethyl adjacent to an activating group) is 1. The van der Waals surface area contributed by atoms with Gasteiger partial charge in [0.05, 0.1) is 17.0 Å². The monoisotopic (exact) mass is 546 g/mol. The number of carbonyl (C=O) groups excluding carboxylic acids is 1. The molecule has 1 aliphatic heterocycles. The number of hydrogen-bond acceptors (Lipinski definition) is 6. The van der Waals surface area contributed by atoms with E-state index in [4.69, 9.17) is 10.8 Å². The van der Waals surface area contributed by atoms with Crippen LogP contribution in [0.15, 0.2) is 42.7 Å². The summed E-state index contributed by atoms with van der Waals surface area (Å²) in [5.74, 6) is 6.19. The van der Waals surface area contributed by atoms with Crippen molar-refractivity contribution < 1.29 is 18.0 Å². The number of hydrogen-bond donors (Lipinski definition) is 1. The number of carbonyl (C=O) groups is 1. The van der Waals surface area contributed by atoms with Gasteiger partial charge in [-0.15, -0.1) is 0 Å². The molecule has 0 amide bonds. The number of aromatic nitrogens is 4. The fraction of sp³-hybridized carbons (Fsp3) is 0.333. The summed E-state index contributed by atoms with van der Waals surface area (Å²) in [6, 6.07) is 9.23. The number of alkyl halides is 3. The van der Waals surface area contributed by atoms with E-state index >= 15 is 0 Å². The highest BCUT2D eigenvalue weighted by molar-refractivity contribution is 5.98. The zero-order valence-corrected chi connectivity index (χ0v) is 22.5.